The van der Waals surface area contributed by atoms with Gasteiger partial charge in [-0.2, -0.15) is 0 Å². The van der Waals surface area contributed by atoms with Crippen molar-refractivity contribution in [1.29, 1.82) is 0 Å². The number of halogens is 5. The molecule has 1 aromatic rings. The van der Waals surface area contributed by atoms with E-state index in [0.29, 0.717) is 11.8 Å². The summed E-state index contributed by atoms with van der Waals surface area (Å²) in [5.41, 5.74) is 7.94. The van der Waals surface area contributed by atoms with Crippen LogP contribution in [-0.2, 0) is 6.54 Å². The molecule has 27 heavy (non-hydrogen) atoms. The second-order valence-electron chi connectivity index (χ2n) is 5.81. The van der Waals surface area contributed by atoms with Gasteiger partial charge in [-0.1, -0.05) is 12.1 Å². The highest BCUT2D eigenvalue weighted by atomic mass is 35.5. The SMILES string of the molecule is Cl.Cl.Cl.NCCCNCCCCNCc1ccc(N(CCCl)CCCl)cc1. The molecule has 4 N–H and O–H groups in total. The molecule has 0 amide bonds. The van der Waals surface area contributed by atoms with Crippen LogP contribution in [0.3, 0.4) is 0 Å². The zero-order chi connectivity index (χ0) is 17.5. The Hall–Kier alpha value is 0.350. The highest BCUT2D eigenvalue weighted by molar-refractivity contribution is 6.18. The number of nitrogens with one attached hydrogen (secondary N) is 2. The summed E-state index contributed by atoms with van der Waals surface area (Å²) in [4.78, 5) is 2.22. The van der Waals surface area contributed by atoms with E-state index >= 15 is 0 Å². The lowest BCUT2D eigenvalue weighted by Gasteiger charge is -2.23. The number of hydrogen-bond acceptors (Lipinski definition) is 4. The average Bonchev–Trinajstić information content (AvgIpc) is 2.61. The summed E-state index contributed by atoms with van der Waals surface area (Å²) in [5.74, 6) is 1.22. The predicted molar refractivity (Wildman–Crippen MR) is 129 cm³/mol. The van der Waals surface area contributed by atoms with Crippen LogP contribution < -0.4 is 21.3 Å². The molecular weight excluding hydrogens is 449 g/mol. The van der Waals surface area contributed by atoms with Gasteiger partial charge in [-0.3, -0.25) is 0 Å². The van der Waals surface area contributed by atoms with Crippen LogP contribution in [0.5, 0.6) is 0 Å². The van der Waals surface area contributed by atoms with Crippen LogP contribution in [0.25, 0.3) is 0 Å². The second-order valence-corrected chi connectivity index (χ2v) is 6.56. The molecule has 4 nitrogen and oxygen atoms in total. The zero-order valence-corrected chi connectivity index (χ0v) is 19.8. The summed E-state index contributed by atoms with van der Waals surface area (Å²) in [6.07, 6.45) is 3.44. The van der Waals surface area contributed by atoms with Crippen LogP contribution in [0.15, 0.2) is 24.3 Å². The van der Waals surface area contributed by atoms with Crippen LogP contribution in [0.1, 0.15) is 24.8 Å². The summed E-state index contributed by atoms with van der Waals surface area (Å²) < 4.78 is 0. The average molecular weight is 485 g/mol. The third kappa shape index (κ3) is 15.9. The fraction of sp³-hybridized carbons (Fsp3) is 0.667. The Labute approximate surface area is 193 Å². The number of nitrogens with zero attached hydrogens (tertiary/aromatic N) is 1. The van der Waals surface area contributed by atoms with E-state index in [1.165, 1.54) is 24.1 Å². The summed E-state index contributed by atoms with van der Waals surface area (Å²) in [7, 11) is 0. The Morgan fingerprint density at radius 2 is 1.30 bits per heavy atom. The molecule has 1 aromatic carbocycles. The second kappa shape index (κ2) is 22.6. The molecule has 0 saturated carbocycles. The topological polar surface area (TPSA) is 53.3 Å². The largest absolute Gasteiger partial charge is 0.369 e. The van der Waals surface area contributed by atoms with Crippen LogP contribution in [0.2, 0.25) is 0 Å². The number of nitrogens with two attached hydrogens (primary N) is 1. The molecule has 0 saturated heterocycles. The van der Waals surface area contributed by atoms with Crippen LogP contribution >= 0.6 is 60.4 Å². The molecule has 0 aliphatic heterocycles. The Morgan fingerprint density at radius 3 is 1.81 bits per heavy atom. The molecule has 0 aromatic heterocycles. The first-order chi connectivity index (χ1) is 11.8. The Bertz CT molecular complexity index is 403. The number of unbranched alkanes of at least 4 members (excludes halogenated alkanes) is 1. The van der Waals surface area contributed by atoms with Gasteiger partial charge in [-0.15, -0.1) is 60.4 Å². The van der Waals surface area contributed by atoms with E-state index < -0.39 is 0 Å². The summed E-state index contributed by atoms with van der Waals surface area (Å²) in [5, 5.41) is 6.90. The van der Waals surface area contributed by atoms with E-state index in [9.17, 15) is 0 Å². The monoisotopic (exact) mass is 482 g/mol. The minimum absolute atomic E-state index is 0. The van der Waals surface area contributed by atoms with Crippen molar-refractivity contribution < 1.29 is 0 Å². The minimum atomic E-state index is 0. The van der Waals surface area contributed by atoms with E-state index in [2.05, 4.69) is 39.8 Å². The molecule has 0 fully saturated rings. The summed E-state index contributed by atoms with van der Waals surface area (Å²) in [6.45, 7) is 6.48. The maximum Gasteiger partial charge on any atom is 0.0399 e. The third-order valence-corrected chi connectivity index (χ3v) is 4.19. The zero-order valence-electron chi connectivity index (χ0n) is 15.8. The molecule has 0 spiro atoms. The maximum atomic E-state index is 5.85. The number of alkyl halides is 2. The lowest BCUT2D eigenvalue weighted by molar-refractivity contribution is 0.575. The smallest absolute Gasteiger partial charge is 0.0399 e. The molecule has 0 aliphatic carbocycles. The standard InChI is InChI=1S/C18H32Cl2N4.3ClH/c19-8-14-24(15-9-20)18-6-4-17(5-7-18)16-23-12-2-1-11-22-13-3-10-21;;;/h4-7,22-23H,1-3,8-16,21H2;3*1H. The molecular formula is C18H35Cl5N4. The first kappa shape index (κ1) is 32.0. The lowest BCUT2D eigenvalue weighted by Crippen LogP contribution is -2.27. The highest BCUT2D eigenvalue weighted by Crippen LogP contribution is 2.15. The fourth-order valence-electron chi connectivity index (χ4n) is 2.48. The van der Waals surface area contributed by atoms with Gasteiger partial charge in [0.1, 0.15) is 0 Å². The first-order valence-electron chi connectivity index (χ1n) is 8.89. The van der Waals surface area contributed by atoms with E-state index in [-0.39, 0.29) is 37.2 Å². The molecule has 1 rings (SSSR count). The van der Waals surface area contributed by atoms with Crippen LogP contribution in [0.4, 0.5) is 5.69 Å². The molecule has 0 aliphatic rings. The highest BCUT2D eigenvalue weighted by Gasteiger charge is 2.05. The van der Waals surface area contributed by atoms with Crippen molar-refractivity contribution in [2.75, 3.05) is 55.9 Å². The minimum Gasteiger partial charge on any atom is -0.369 e. The molecule has 0 bridgehead atoms. The number of anilines is 1. The van der Waals surface area contributed by atoms with Gasteiger partial charge in [0.2, 0.25) is 0 Å². The third-order valence-electron chi connectivity index (χ3n) is 3.85. The normalized spacial score (nSPS) is 9.74. The van der Waals surface area contributed by atoms with Gasteiger partial charge in [0.05, 0.1) is 0 Å². The van der Waals surface area contributed by atoms with Crippen molar-refractivity contribution in [3.63, 3.8) is 0 Å². The van der Waals surface area contributed by atoms with E-state index in [4.69, 9.17) is 28.9 Å². The quantitative estimate of drug-likeness (QED) is 0.260. The van der Waals surface area contributed by atoms with Gasteiger partial charge in [0.25, 0.3) is 0 Å². The molecule has 0 radical (unpaired) electrons. The predicted octanol–water partition coefficient (Wildman–Crippen LogP) is 4.04. The van der Waals surface area contributed by atoms with Crippen molar-refractivity contribution in [1.82, 2.24) is 10.6 Å². The van der Waals surface area contributed by atoms with Gasteiger partial charge in [0, 0.05) is 37.1 Å². The fourth-order valence-corrected chi connectivity index (χ4v) is 2.89. The Morgan fingerprint density at radius 1 is 0.778 bits per heavy atom. The van der Waals surface area contributed by atoms with Crippen LogP contribution in [0, 0.1) is 0 Å². The molecule has 9 heteroatoms. The Balaban J connectivity index is -0.00000192. The van der Waals surface area contributed by atoms with E-state index in [1.54, 1.807) is 0 Å². The Kier molecular flexibility index (Phi) is 26.9. The van der Waals surface area contributed by atoms with E-state index in [1.807, 2.05) is 0 Å². The summed E-state index contributed by atoms with van der Waals surface area (Å²) >= 11 is 11.7. The molecule has 0 unspecified atom stereocenters. The van der Waals surface area contributed by atoms with Crippen molar-refractivity contribution >= 4 is 66.1 Å². The van der Waals surface area contributed by atoms with Gasteiger partial charge in [-0.05, 0) is 63.1 Å². The first-order valence-corrected chi connectivity index (χ1v) is 9.96. The maximum absolute atomic E-state index is 5.85. The summed E-state index contributed by atoms with van der Waals surface area (Å²) in [6, 6.07) is 8.65. The van der Waals surface area contributed by atoms with Crippen molar-refractivity contribution in [3.8, 4) is 0 Å². The van der Waals surface area contributed by atoms with Gasteiger partial charge in [-0.25, -0.2) is 0 Å². The van der Waals surface area contributed by atoms with E-state index in [0.717, 1.165) is 52.2 Å². The molecule has 0 atom stereocenters. The van der Waals surface area contributed by atoms with Gasteiger partial charge >= 0.3 is 0 Å². The number of rotatable bonds is 15. The van der Waals surface area contributed by atoms with Crippen molar-refractivity contribution in [2.24, 2.45) is 5.73 Å². The molecule has 162 valence electrons. The van der Waals surface area contributed by atoms with Gasteiger partial charge in [0.15, 0.2) is 0 Å². The lowest BCUT2D eigenvalue weighted by atomic mass is 10.2. The van der Waals surface area contributed by atoms with Crippen molar-refractivity contribution in [3.05, 3.63) is 29.8 Å². The van der Waals surface area contributed by atoms with Gasteiger partial charge < -0.3 is 21.3 Å². The van der Waals surface area contributed by atoms with Crippen molar-refractivity contribution in [2.45, 2.75) is 25.8 Å². The molecule has 0 heterocycles. The number of hydrogen-bond donors (Lipinski definition) is 3. The number of benzene rings is 1. The van der Waals surface area contributed by atoms with Crippen LogP contribution in [-0.4, -0.2) is 51.0 Å².